The third-order valence-corrected chi connectivity index (χ3v) is 4.78. The predicted molar refractivity (Wildman–Crippen MR) is 97.4 cm³/mol. The van der Waals surface area contributed by atoms with Crippen LogP contribution in [-0.4, -0.2) is 50.9 Å². The van der Waals surface area contributed by atoms with E-state index in [0.717, 1.165) is 29.9 Å². The van der Waals surface area contributed by atoms with E-state index in [-0.39, 0.29) is 5.82 Å². The molecule has 25 heavy (non-hydrogen) atoms. The number of piperazine rings is 1. The zero-order valence-electron chi connectivity index (χ0n) is 13.9. The first kappa shape index (κ1) is 16.2. The van der Waals surface area contributed by atoms with Crippen LogP contribution >= 0.6 is 15.9 Å². The van der Waals surface area contributed by atoms with Crippen LogP contribution in [0.3, 0.4) is 0 Å². The Morgan fingerprint density at radius 1 is 1.04 bits per heavy atom. The molecule has 0 unspecified atom stereocenters. The van der Waals surface area contributed by atoms with E-state index in [2.05, 4.69) is 40.9 Å². The fourth-order valence-electron chi connectivity index (χ4n) is 3.12. The lowest BCUT2D eigenvalue weighted by Crippen LogP contribution is -2.47. The lowest BCUT2D eigenvalue weighted by atomic mass is 10.2. The van der Waals surface area contributed by atoms with Gasteiger partial charge in [0.1, 0.15) is 11.6 Å². The van der Waals surface area contributed by atoms with E-state index >= 15 is 0 Å². The Bertz CT molecular complexity index is 934. The number of halogens is 2. The monoisotopic (exact) mass is 405 g/mol. The summed E-state index contributed by atoms with van der Waals surface area (Å²) in [5.74, 6) is 1.69. The molecule has 4 heterocycles. The Morgan fingerprint density at radius 3 is 2.40 bits per heavy atom. The molecule has 9 heteroatoms. The van der Waals surface area contributed by atoms with Crippen LogP contribution in [0.25, 0.3) is 11.0 Å². The van der Waals surface area contributed by atoms with Crippen molar-refractivity contribution in [3.63, 3.8) is 0 Å². The average Bonchev–Trinajstić information content (AvgIpc) is 2.96. The van der Waals surface area contributed by atoms with E-state index in [1.54, 1.807) is 17.1 Å². The van der Waals surface area contributed by atoms with E-state index in [4.69, 9.17) is 0 Å². The molecule has 7 nitrogen and oxygen atoms in total. The molecule has 0 atom stereocenters. The molecule has 0 N–H and O–H groups in total. The van der Waals surface area contributed by atoms with E-state index in [9.17, 15) is 4.39 Å². The maximum absolute atomic E-state index is 14.1. The summed E-state index contributed by atoms with van der Waals surface area (Å²) in [6.07, 6.45) is 3.42. The van der Waals surface area contributed by atoms with Gasteiger partial charge in [0.15, 0.2) is 17.3 Å². The second-order valence-corrected chi connectivity index (χ2v) is 6.95. The highest BCUT2D eigenvalue weighted by Gasteiger charge is 2.24. The van der Waals surface area contributed by atoms with Crippen LogP contribution in [0.4, 0.5) is 16.0 Å². The molecule has 0 bridgehead atoms. The Kier molecular flexibility index (Phi) is 4.03. The summed E-state index contributed by atoms with van der Waals surface area (Å²) < 4.78 is 16.5. The van der Waals surface area contributed by atoms with Gasteiger partial charge >= 0.3 is 0 Å². The minimum Gasteiger partial charge on any atom is -0.352 e. The number of pyridine rings is 1. The van der Waals surface area contributed by atoms with Gasteiger partial charge in [-0.1, -0.05) is 0 Å². The van der Waals surface area contributed by atoms with Crippen LogP contribution in [-0.2, 0) is 7.05 Å². The molecule has 0 aliphatic carbocycles. The molecule has 1 aliphatic heterocycles. The Hall–Kier alpha value is -2.29. The third kappa shape index (κ3) is 2.92. The smallest absolute Gasteiger partial charge is 0.166 e. The molecule has 0 radical (unpaired) electrons. The van der Waals surface area contributed by atoms with Gasteiger partial charge in [-0.05, 0) is 28.9 Å². The number of aryl methyl sites for hydroxylation is 2. The van der Waals surface area contributed by atoms with E-state index in [1.165, 1.54) is 6.07 Å². The van der Waals surface area contributed by atoms with Gasteiger partial charge in [0, 0.05) is 43.9 Å². The minimum atomic E-state index is -0.310. The predicted octanol–water partition coefficient (Wildman–Crippen LogP) is 2.29. The topological polar surface area (TPSA) is 63.0 Å². The molecule has 4 rings (SSSR count). The lowest BCUT2D eigenvalue weighted by molar-refractivity contribution is 0.586. The quantitative estimate of drug-likeness (QED) is 0.651. The van der Waals surface area contributed by atoms with Crippen LogP contribution in [0.15, 0.2) is 22.9 Å². The molecular weight excluding hydrogens is 389 g/mol. The van der Waals surface area contributed by atoms with Gasteiger partial charge in [-0.25, -0.2) is 19.3 Å². The zero-order chi connectivity index (χ0) is 17.6. The standard InChI is InChI=1S/C16H17BrFN7/c1-10-21-14-12(9-20-23(14)2)15(22-10)24-3-5-25(6-4-24)16-13(18)7-11(17)8-19-16/h7-9H,3-6H2,1-2H3. The first-order valence-corrected chi connectivity index (χ1v) is 8.79. The Balaban J connectivity index is 1.58. The number of fused-ring (bicyclic) bond motifs is 1. The van der Waals surface area contributed by atoms with Crippen LogP contribution < -0.4 is 9.80 Å². The van der Waals surface area contributed by atoms with Crippen molar-refractivity contribution in [3.8, 4) is 0 Å². The van der Waals surface area contributed by atoms with Crippen molar-refractivity contribution >= 4 is 38.6 Å². The summed E-state index contributed by atoms with van der Waals surface area (Å²) in [5.41, 5.74) is 0.825. The van der Waals surface area contributed by atoms with Crippen molar-refractivity contribution in [1.82, 2.24) is 24.7 Å². The van der Waals surface area contributed by atoms with E-state index in [1.807, 2.05) is 18.9 Å². The van der Waals surface area contributed by atoms with Crippen LogP contribution in [0.1, 0.15) is 5.82 Å². The number of hydrogen-bond donors (Lipinski definition) is 0. The fourth-order valence-corrected chi connectivity index (χ4v) is 3.43. The molecule has 0 aromatic carbocycles. The maximum atomic E-state index is 14.1. The average molecular weight is 406 g/mol. The Morgan fingerprint density at radius 2 is 1.72 bits per heavy atom. The number of anilines is 2. The molecule has 0 spiro atoms. The van der Waals surface area contributed by atoms with Crippen molar-refractivity contribution in [1.29, 1.82) is 0 Å². The van der Waals surface area contributed by atoms with E-state index in [0.29, 0.717) is 29.2 Å². The summed E-state index contributed by atoms with van der Waals surface area (Å²) in [5, 5.41) is 5.23. The number of hydrogen-bond acceptors (Lipinski definition) is 6. The number of nitrogens with zero attached hydrogens (tertiary/aromatic N) is 7. The summed E-state index contributed by atoms with van der Waals surface area (Å²) in [6.45, 7) is 4.70. The first-order chi connectivity index (χ1) is 12.0. The minimum absolute atomic E-state index is 0.310. The highest BCUT2D eigenvalue weighted by Crippen LogP contribution is 2.26. The first-order valence-electron chi connectivity index (χ1n) is 8.00. The molecule has 0 saturated carbocycles. The molecule has 1 aliphatic rings. The summed E-state index contributed by atoms with van der Waals surface area (Å²) in [4.78, 5) is 17.5. The van der Waals surface area contributed by atoms with Gasteiger partial charge in [0.05, 0.1) is 11.6 Å². The van der Waals surface area contributed by atoms with Crippen molar-refractivity contribution in [2.24, 2.45) is 7.05 Å². The van der Waals surface area contributed by atoms with Gasteiger partial charge in [-0.15, -0.1) is 0 Å². The SMILES string of the molecule is Cc1nc(N2CCN(c3ncc(Br)cc3F)CC2)c2cnn(C)c2n1. The van der Waals surface area contributed by atoms with Crippen LogP contribution in [0, 0.1) is 12.7 Å². The molecular formula is C16H17BrFN7. The highest BCUT2D eigenvalue weighted by molar-refractivity contribution is 9.10. The van der Waals surface area contributed by atoms with Gasteiger partial charge in [0.25, 0.3) is 0 Å². The number of aromatic nitrogens is 5. The van der Waals surface area contributed by atoms with Crippen molar-refractivity contribution in [2.45, 2.75) is 6.92 Å². The van der Waals surface area contributed by atoms with Crippen LogP contribution in [0.5, 0.6) is 0 Å². The van der Waals surface area contributed by atoms with E-state index < -0.39 is 0 Å². The van der Waals surface area contributed by atoms with Crippen molar-refractivity contribution in [3.05, 3.63) is 34.6 Å². The zero-order valence-corrected chi connectivity index (χ0v) is 15.5. The lowest BCUT2D eigenvalue weighted by Gasteiger charge is -2.36. The molecule has 3 aromatic rings. The van der Waals surface area contributed by atoms with Gasteiger partial charge in [-0.3, -0.25) is 4.68 Å². The van der Waals surface area contributed by atoms with Crippen molar-refractivity contribution < 1.29 is 4.39 Å². The molecule has 1 fully saturated rings. The molecule has 130 valence electrons. The highest BCUT2D eigenvalue weighted by atomic mass is 79.9. The van der Waals surface area contributed by atoms with Crippen molar-refractivity contribution in [2.75, 3.05) is 36.0 Å². The van der Waals surface area contributed by atoms with Crippen LogP contribution in [0.2, 0.25) is 0 Å². The summed E-state index contributed by atoms with van der Waals surface area (Å²) in [6, 6.07) is 1.45. The maximum Gasteiger partial charge on any atom is 0.166 e. The second kappa shape index (κ2) is 6.21. The second-order valence-electron chi connectivity index (χ2n) is 6.03. The normalized spacial score (nSPS) is 15.2. The van der Waals surface area contributed by atoms with Gasteiger partial charge in [-0.2, -0.15) is 5.10 Å². The van der Waals surface area contributed by atoms with Gasteiger partial charge < -0.3 is 9.80 Å². The Labute approximate surface area is 152 Å². The molecule has 1 saturated heterocycles. The third-order valence-electron chi connectivity index (χ3n) is 4.35. The fraction of sp³-hybridized carbons (Fsp3) is 0.375. The van der Waals surface area contributed by atoms with Gasteiger partial charge in [0.2, 0.25) is 0 Å². The summed E-state index contributed by atoms with van der Waals surface area (Å²) in [7, 11) is 1.87. The summed E-state index contributed by atoms with van der Waals surface area (Å²) >= 11 is 3.24. The largest absolute Gasteiger partial charge is 0.352 e. The molecule has 3 aromatic heterocycles. The number of rotatable bonds is 2. The molecule has 0 amide bonds.